The number of amides is 1. The highest BCUT2D eigenvalue weighted by Crippen LogP contribution is 2.34. The predicted octanol–water partition coefficient (Wildman–Crippen LogP) is 5.35. The normalized spacial score (nSPS) is 13.6. The quantitative estimate of drug-likeness (QED) is 0.372. The molecule has 1 aliphatic heterocycles. The van der Waals surface area contributed by atoms with E-state index in [4.69, 9.17) is 9.84 Å². The number of aromatic nitrogens is 4. The van der Waals surface area contributed by atoms with Crippen LogP contribution < -0.4 is 4.74 Å². The minimum atomic E-state index is -0.0472. The van der Waals surface area contributed by atoms with Crippen LogP contribution in [0.3, 0.4) is 0 Å². The number of aromatic amines is 1. The van der Waals surface area contributed by atoms with Gasteiger partial charge in [0.1, 0.15) is 17.1 Å². The minimum absolute atomic E-state index is 0.0472. The van der Waals surface area contributed by atoms with Crippen LogP contribution in [0.25, 0.3) is 33.6 Å². The molecule has 0 bridgehead atoms. The molecule has 178 valence electrons. The number of carbonyl (C=O) groups excluding carboxylic acids is 1. The van der Waals surface area contributed by atoms with E-state index in [1.54, 1.807) is 18.0 Å². The first-order chi connectivity index (χ1) is 17.7. The van der Waals surface area contributed by atoms with Crippen molar-refractivity contribution in [1.82, 2.24) is 24.6 Å². The largest absolute Gasteiger partial charge is 0.496 e. The Hall–Kier alpha value is -4.65. The Bertz CT molecular complexity index is 1580. The number of para-hydroxylation sites is 2. The molecular weight excluding hydrogens is 450 g/mol. The van der Waals surface area contributed by atoms with Crippen molar-refractivity contribution < 1.29 is 9.53 Å². The van der Waals surface area contributed by atoms with E-state index in [1.807, 2.05) is 78.0 Å². The van der Waals surface area contributed by atoms with E-state index in [2.05, 4.69) is 22.1 Å². The van der Waals surface area contributed by atoms with Gasteiger partial charge in [-0.3, -0.25) is 4.79 Å². The summed E-state index contributed by atoms with van der Waals surface area (Å²) in [7, 11) is 1.63. The van der Waals surface area contributed by atoms with Gasteiger partial charge in [0.25, 0.3) is 5.91 Å². The Kier molecular flexibility index (Phi) is 5.58. The third kappa shape index (κ3) is 3.84. The number of fused-ring (bicyclic) bond motifs is 1. The predicted molar refractivity (Wildman–Crippen MR) is 140 cm³/mol. The van der Waals surface area contributed by atoms with Crippen molar-refractivity contribution in [2.24, 2.45) is 0 Å². The standard InChI is InChI=1S/C29H25N5O2/c1-36-26-12-6-5-10-23(26)27-25(19-34(32-27)21-8-3-2-4-9-21)29(35)33-16-13-20(14-17-33)24-18-31-28-22(24)11-7-15-30-28/h2-13,15,18-19H,14,16-17H2,1H3,(H,30,31). The van der Waals surface area contributed by atoms with E-state index in [-0.39, 0.29) is 5.91 Å². The molecule has 1 N–H and O–H groups in total. The van der Waals surface area contributed by atoms with Gasteiger partial charge in [-0.05, 0) is 48.4 Å². The number of ether oxygens (including phenoxy) is 1. The van der Waals surface area contributed by atoms with Gasteiger partial charge < -0.3 is 14.6 Å². The van der Waals surface area contributed by atoms with Gasteiger partial charge in [0.2, 0.25) is 0 Å². The molecule has 1 amide bonds. The first kappa shape index (κ1) is 21.9. The van der Waals surface area contributed by atoms with Crippen molar-refractivity contribution in [3.05, 3.63) is 103 Å². The molecule has 7 nitrogen and oxygen atoms in total. The molecule has 0 atom stereocenters. The van der Waals surface area contributed by atoms with Crippen LogP contribution in [0.4, 0.5) is 0 Å². The maximum absolute atomic E-state index is 13.8. The zero-order valence-electron chi connectivity index (χ0n) is 19.9. The molecule has 3 aromatic heterocycles. The number of hydrogen-bond donors (Lipinski definition) is 1. The molecule has 6 rings (SSSR count). The third-order valence-corrected chi connectivity index (χ3v) is 6.62. The Morgan fingerprint density at radius 1 is 1.00 bits per heavy atom. The van der Waals surface area contributed by atoms with Crippen molar-refractivity contribution in [1.29, 1.82) is 0 Å². The summed E-state index contributed by atoms with van der Waals surface area (Å²) in [5.41, 5.74) is 6.09. The molecule has 2 aromatic carbocycles. The second-order valence-corrected chi connectivity index (χ2v) is 8.70. The number of methoxy groups -OCH3 is 1. The molecule has 0 saturated carbocycles. The van der Waals surface area contributed by atoms with E-state index in [0.717, 1.165) is 34.3 Å². The minimum Gasteiger partial charge on any atom is -0.496 e. The molecule has 0 saturated heterocycles. The highest BCUT2D eigenvalue weighted by atomic mass is 16.5. The van der Waals surface area contributed by atoms with Crippen LogP contribution in [0.5, 0.6) is 5.75 Å². The summed E-state index contributed by atoms with van der Waals surface area (Å²) in [5.74, 6) is 0.632. The first-order valence-electron chi connectivity index (χ1n) is 11.9. The average molecular weight is 476 g/mol. The summed E-state index contributed by atoms with van der Waals surface area (Å²) >= 11 is 0. The van der Waals surface area contributed by atoms with Crippen LogP contribution in [0.2, 0.25) is 0 Å². The molecule has 0 spiro atoms. The van der Waals surface area contributed by atoms with Gasteiger partial charge in [-0.25, -0.2) is 9.67 Å². The monoisotopic (exact) mass is 475 g/mol. The van der Waals surface area contributed by atoms with Crippen molar-refractivity contribution in [3.8, 4) is 22.7 Å². The Labute approximate surface area is 208 Å². The lowest BCUT2D eigenvalue weighted by atomic mass is 9.99. The Morgan fingerprint density at radius 3 is 2.64 bits per heavy atom. The van der Waals surface area contributed by atoms with Crippen molar-refractivity contribution in [2.75, 3.05) is 20.2 Å². The highest BCUT2D eigenvalue weighted by Gasteiger charge is 2.26. The van der Waals surface area contributed by atoms with E-state index >= 15 is 0 Å². The number of pyridine rings is 1. The highest BCUT2D eigenvalue weighted by molar-refractivity contribution is 6.01. The van der Waals surface area contributed by atoms with Crippen molar-refractivity contribution in [3.63, 3.8) is 0 Å². The summed E-state index contributed by atoms with van der Waals surface area (Å²) < 4.78 is 7.36. The summed E-state index contributed by atoms with van der Waals surface area (Å²) in [6.07, 6.45) is 8.52. The first-order valence-corrected chi connectivity index (χ1v) is 11.9. The fourth-order valence-electron chi connectivity index (χ4n) is 4.77. The molecule has 5 aromatic rings. The lowest BCUT2D eigenvalue weighted by molar-refractivity contribution is 0.0773. The van der Waals surface area contributed by atoms with E-state index in [9.17, 15) is 4.79 Å². The second kappa shape index (κ2) is 9.19. The molecule has 36 heavy (non-hydrogen) atoms. The molecule has 0 radical (unpaired) electrons. The Morgan fingerprint density at radius 2 is 1.83 bits per heavy atom. The molecule has 1 aliphatic rings. The maximum atomic E-state index is 13.8. The number of nitrogens with one attached hydrogen (secondary N) is 1. The van der Waals surface area contributed by atoms with Gasteiger partial charge in [0, 0.05) is 48.2 Å². The third-order valence-electron chi connectivity index (χ3n) is 6.62. The Balaban J connectivity index is 1.35. The van der Waals surface area contributed by atoms with E-state index < -0.39 is 0 Å². The van der Waals surface area contributed by atoms with Crippen LogP contribution in [0.15, 0.2) is 91.4 Å². The summed E-state index contributed by atoms with van der Waals surface area (Å²) in [5, 5.41) is 5.93. The van der Waals surface area contributed by atoms with Crippen molar-refractivity contribution >= 4 is 22.5 Å². The molecule has 0 aliphatic carbocycles. The smallest absolute Gasteiger partial charge is 0.258 e. The van der Waals surface area contributed by atoms with Crippen molar-refractivity contribution in [2.45, 2.75) is 6.42 Å². The number of benzene rings is 2. The molecule has 4 heterocycles. The summed E-state index contributed by atoms with van der Waals surface area (Å²) in [4.78, 5) is 23.3. The SMILES string of the molecule is COc1ccccc1-c1nn(-c2ccccc2)cc1C(=O)N1CC=C(c2c[nH]c3ncccc23)CC1. The molecular formula is C29H25N5O2. The zero-order chi connectivity index (χ0) is 24.5. The van der Waals surface area contributed by atoms with Crippen LogP contribution in [-0.2, 0) is 0 Å². The lowest BCUT2D eigenvalue weighted by Crippen LogP contribution is -2.34. The van der Waals surface area contributed by atoms with Crippen LogP contribution in [0.1, 0.15) is 22.3 Å². The van der Waals surface area contributed by atoms with E-state index in [1.165, 1.54) is 5.57 Å². The maximum Gasteiger partial charge on any atom is 0.258 e. The number of H-pyrrole nitrogens is 1. The van der Waals surface area contributed by atoms with Crippen LogP contribution >= 0.6 is 0 Å². The number of nitrogens with zero attached hydrogens (tertiary/aromatic N) is 4. The van der Waals surface area contributed by atoms with Gasteiger partial charge >= 0.3 is 0 Å². The van der Waals surface area contributed by atoms with Crippen LogP contribution in [0, 0.1) is 0 Å². The topological polar surface area (TPSA) is 76.0 Å². The van der Waals surface area contributed by atoms with Crippen LogP contribution in [-0.4, -0.2) is 50.8 Å². The van der Waals surface area contributed by atoms with Gasteiger partial charge in [0.05, 0.1) is 18.4 Å². The van der Waals surface area contributed by atoms with Gasteiger partial charge in [-0.15, -0.1) is 0 Å². The molecule has 0 fully saturated rings. The average Bonchev–Trinajstić information content (AvgIpc) is 3.58. The van der Waals surface area contributed by atoms with Gasteiger partial charge in [-0.1, -0.05) is 36.4 Å². The molecule has 0 unspecified atom stereocenters. The number of hydrogen-bond acceptors (Lipinski definition) is 4. The number of carbonyl (C=O) groups is 1. The van der Waals surface area contributed by atoms with E-state index in [0.29, 0.717) is 30.1 Å². The fourth-order valence-corrected chi connectivity index (χ4v) is 4.77. The van der Waals surface area contributed by atoms with Gasteiger partial charge in [0.15, 0.2) is 0 Å². The fraction of sp³-hybridized carbons (Fsp3) is 0.138. The summed E-state index contributed by atoms with van der Waals surface area (Å²) in [6.45, 7) is 1.16. The molecule has 7 heteroatoms. The zero-order valence-corrected chi connectivity index (χ0v) is 19.9. The summed E-state index contributed by atoms with van der Waals surface area (Å²) in [6, 6.07) is 21.5. The lowest BCUT2D eigenvalue weighted by Gasteiger charge is -2.26. The second-order valence-electron chi connectivity index (χ2n) is 8.70. The van der Waals surface area contributed by atoms with Gasteiger partial charge in [-0.2, -0.15) is 5.10 Å². The number of rotatable bonds is 5.